The first-order chi connectivity index (χ1) is 12.8. The van der Waals surface area contributed by atoms with Gasteiger partial charge >= 0.3 is 6.61 Å². The van der Waals surface area contributed by atoms with E-state index in [0.717, 1.165) is 4.90 Å². The molecule has 1 heterocycles. The van der Waals surface area contributed by atoms with E-state index < -0.39 is 19.1 Å². The number of likely N-dealkylation sites (tertiary alicyclic amines) is 1. The number of aliphatic hydroxyl groups excluding tert-OH is 1. The molecule has 1 fully saturated rings. The van der Waals surface area contributed by atoms with Crippen molar-refractivity contribution in [3.05, 3.63) is 48.3 Å². The summed E-state index contributed by atoms with van der Waals surface area (Å²) in [5.41, 5.74) is 6.51. The van der Waals surface area contributed by atoms with Crippen LogP contribution in [-0.2, 0) is 4.79 Å². The normalized spacial score (nSPS) is 16.7. The second kappa shape index (κ2) is 9.38. The van der Waals surface area contributed by atoms with Gasteiger partial charge in [0.15, 0.2) is 0 Å². The maximum Gasteiger partial charge on any atom is 0.387 e. The number of amides is 1. The van der Waals surface area contributed by atoms with E-state index in [9.17, 15) is 18.7 Å². The van der Waals surface area contributed by atoms with Crippen LogP contribution >= 0.6 is 11.9 Å². The third-order valence-corrected chi connectivity index (χ3v) is 4.54. The van der Waals surface area contributed by atoms with E-state index in [1.807, 2.05) is 0 Å². The van der Waals surface area contributed by atoms with E-state index in [1.54, 1.807) is 18.3 Å². The number of alkyl halides is 2. The number of ether oxygens (including phenoxy) is 1. The molecule has 1 aliphatic heterocycles. The van der Waals surface area contributed by atoms with E-state index in [2.05, 4.69) is 16.0 Å². The predicted molar refractivity (Wildman–Crippen MR) is 98.4 cm³/mol. The first-order valence-electron chi connectivity index (χ1n) is 7.89. The molecule has 10 heteroatoms. The van der Waals surface area contributed by atoms with Gasteiger partial charge in [0.05, 0.1) is 18.9 Å². The molecule has 1 aliphatic rings. The zero-order valence-corrected chi connectivity index (χ0v) is 15.1. The zero-order chi connectivity index (χ0) is 20.0. The number of nitrogens with one attached hydrogen (secondary N) is 2. The van der Waals surface area contributed by atoms with Gasteiger partial charge in [0.25, 0.3) is 0 Å². The van der Waals surface area contributed by atoms with E-state index in [0.29, 0.717) is 5.57 Å². The van der Waals surface area contributed by atoms with Crippen LogP contribution in [0.25, 0.3) is 0 Å². The summed E-state index contributed by atoms with van der Waals surface area (Å²) in [6, 6.07) is 6.08. The summed E-state index contributed by atoms with van der Waals surface area (Å²) in [6.45, 7) is 0.539. The minimum Gasteiger partial charge on any atom is -0.435 e. The van der Waals surface area contributed by atoms with Gasteiger partial charge < -0.3 is 30.6 Å². The summed E-state index contributed by atoms with van der Waals surface area (Å²) < 4.78 is 31.5. The third kappa shape index (κ3) is 5.69. The fraction of sp³-hybridized carbons (Fsp3) is 0.294. The molecule has 0 aliphatic carbocycles. The van der Waals surface area contributed by atoms with Crippen LogP contribution in [0.5, 0.6) is 5.75 Å². The average Bonchev–Trinajstić information content (AvgIpc) is 2.97. The zero-order valence-electron chi connectivity index (χ0n) is 14.3. The molecule has 0 radical (unpaired) electrons. The summed E-state index contributed by atoms with van der Waals surface area (Å²) >= 11 is 1.22. The van der Waals surface area contributed by atoms with Gasteiger partial charge in [-0.15, -0.1) is 0 Å². The molecule has 5 N–H and O–H groups in total. The maximum atomic E-state index is 12.3. The number of hydrogen-bond donors (Lipinski definition) is 4. The number of carbonyl (C=O) groups is 1. The van der Waals surface area contributed by atoms with Crippen LogP contribution in [0.4, 0.5) is 8.78 Å². The number of nitrogens with two attached hydrogens (primary N) is 1. The van der Waals surface area contributed by atoms with Gasteiger partial charge in [0, 0.05) is 28.9 Å². The number of halogens is 2. The molecule has 1 atom stereocenters. The number of hydrogen-bond acceptors (Lipinski definition) is 7. The smallest absolute Gasteiger partial charge is 0.387 e. The average molecular weight is 398 g/mol. The molecule has 146 valence electrons. The van der Waals surface area contributed by atoms with Crippen LogP contribution in [0.15, 0.2) is 53.2 Å². The second-order valence-corrected chi connectivity index (χ2v) is 6.63. The molecule has 0 spiro atoms. The Kier molecular flexibility index (Phi) is 7.19. The fourth-order valence-corrected chi connectivity index (χ4v) is 2.98. The summed E-state index contributed by atoms with van der Waals surface area (Å²) in [5, 5.41) is 17.3. The minimum atomic E-state index is -2.87. The van der Waals surface area contributed by atoms with Crippen LogP contribution in [0.3, 0.4) is 0 Å². The lowest BCUT2D eigenvalue weighted by molar-refractivity contribution is -0.133. The monoisotopic (exact) mass is 398 g/mol. The Morgan fingerprint density at radius 1 is 1.44 bits per heavy atom. The van der Waals surface area contributed by atoms with Gasteiger partial charge in [-0.2, -0.15) is 8.78 Å². The Labute approximate surface area is 159 Å². The Balaban J connectivity index is 1.91. The Bertz CT molecular complexity index is 740. The van der Waals surface area contributed by atoms with Crippen molar-refractivity contribution in [3.63, 3.8) is 0 Å². The van der Waals surface area contributed by atoms with E-state index >= 15 is 0 Å². The van der Waals surface area contributed by atoms with Gasteiger partial charge in [-0.05, 0) is 36.2 Å². The first kappa shape index (κ1) is 20.7. The summed E-state index contributed by atoms with van der Waals surface area (Å²) in [6.07, 6.45) is 1.61. The summed E-state index contributed by atoms with van der Waals surface area (Å²) in [7, 11) is 0. The molecule has 7 nitrogen and oxygen atoms in total. The largest absolute Gasteiger partial charge is 0.435 e. The quantitative estimate of drug-likeness (QED) is 0.496. The highest BCUT2D eigenvalue weighted by molar-refractivity contribution is 7.97. The van der Waals surface area contributed by atoms with Crippen molar-refractivity contribution < 1.29 is 23.4 Å². The molecule has 1 amide bonds. The molecule has 1 unspecified atom stereocenters. The number of carbonyl (C=O) groups excluding carboxylic acids is 1. The highest BCUT2D eigenvalue weighted by Crippen LogP contribution is 2.22. The third-order valence-electron chi connectivity index (χ3n) is 3.80. The van der Waals surface area contributed by atoms with Crippen LogP contribution in [0.2, 0.25) is 0 Å². The lowest BCUT2D eigenvalue weighted by atomic mass is 10.1. The Morgan fingerprint density at radius 2 is 2.11 bits per heavy atom. The Morgan fingerprint density at radius 3 is 2.67 bits per heavy atom. The topological polar surface area (TPSA) is 112 Å². The molecule has 0 bridgehead atoms. The maximum absolute atomic E-state index is 12.3. The van der Waals surface area contributed by atoms with Crippen molar-refractivity contribution >= 4 is 23.6 Å². The van der Waals surface area contributed by atoms with Crippen molar-refractivity contribution in [1.82, 2.24) is 9.62 Å². The number of nitrogens with zero attached hydrogens (tertiary/aromatic N) is 1. The molecule has 2 rings (SSSR count). The van der Waals surface area contributed by atoms with Crippen molar-refractivity contribution in [2.45, 2.75) is 11.5 Å². The van der Waals surface area contributed by atoms with Crippen molar-refractivity contribution in [1.29, 1.82) is 5.41 Å². The van der Waals surface area contributed by atoms with Crippen LogP contribution < -0.4 is 15.2 Å². The molecular formula is C17H20F2N4O3S. The molecule has 1 aromatic carbocycles. The van der Waals surface area contributed by atoms with E-state index in [-0.39, 0.29) is 36.2 Å². The van der Waals surface area contributed by atoms with Crippen LogP contribution in [0, 0.1) is 11.3 Å². The van der Waals surface area contributed by atoms with Gasteiger partial charge in [-0.1, -0.05) is 6.58 Å². The highest BCUT2D eigenvalue weighted by atomic mass is 32.2. The summed E-state index contributed by atoms with van der Waals surface area (Å²) in [4.78, 5) is 14.5. The molecular weight excluding hydrogens is 378 g/mol. The van der Waals surface area contributed by atoms with Crippen molar-refractivity contribution in [2.24, 2.45) is 11.7 Å². The van der Waals surface area contributed by atoms with Gasteiger partial charge in [-0.25, -0.2) is 0 Å². The molecule has 27 heavy (non-hydrogen) atoms. The van der Waals surface area contributed by atoms with Crippen molar-refractivity contribution in [3.8, 4) is 5.75 Å². The SMILES string of the molecule is C=C(N)C(CO)C(=O)N1CC(=N)/C(=C\NSc2ccc(OC(F)F)cc2)C1. The Hall–Kier alpha value is -2.59. The molecule has 1 saturated heterocycles. The number of rotatable bonds is 8. The number of aliphatic hydroxyl groups is 1. The van der Waals surface area contributed by atoms with E-state index in [1.165, 1.54) is 29.0 Å². The molecule has 0 aromatic heterocycles. The molecule has 0 saturated carbocycles. The van der Waals surface area contributed by atoms with Crippen LogP contribution in [-0.4, -0.2) is 47.9 Å². The van der Waals surface area contributed by atoms with Gasteiger partial charge in [0.2, 0.25) is 5.91 Å². The molecule has 1 aromatic rings. The van der Waals surface area contributed by atoms with Crippen LogP contribution in [0.1, 0.15) is 0 Å². The second-order valence-electron chi connectivity index (χ2n) is 5.72. The highest BCUT2D eigenvalue weighted by Gasteiger charge is 2.31. The standard InChI is InChI=1S/C17H20F2N4O3S/c1-10(20)14(9-24)16(25)23-7-11(15(21)8-23)6-22-27-13-4-2-12(3-5-13)26-17(18)19/h2-6,14,17,21-22,24H,1,7-9,20H2/b11-6-,21-15?. The van der Waals surface area contributed by atoms with E-state index in [4.69, 9.17) is 11.1 Å². The number of benzene rings is 1. The van der Waals surface area contributed by atoms with Crippen molar-refractivity contribution in [2.75, 3.05) is 19.7 Å². The lowest BCUT2D eigenvalue weighted by Gasteiger charge is -2.20. The van der Waals surface area contributed by atoms with Gasteiger partial charge in [-0.3, -0.25) is 4.79 Å². The predicted octanol–water partition coefficient (Wildman–Crippen LogP) is 1.71. The fourth-order valence-electron chi connectivity index (χ4n) is 2.37. The minimum absolute atomic E-state index is 0.0689. The van der Waals surface area contributed by atoms with Gasteiger partial charge in [0.1, 0.15) is 11.7 Å². The first-order valence-corrected chi connectivity index (χ1v) is 8.71. The summed E-state index contributed by atoms with van der Waals surface area (Å²) in [5.74, 6) is -1.19. The lowest BCUT2D eigenvalue weighted by Crippen LogP contribution is -2.38.